The van der Waals surface area contributed by atoms with Crippen molar-refractivity contribution in [2.24, 2.45) is 0 Å². The zero-order chi connectivity index (χ0) is 11.6. The van der Waals surface area contributed by atoms with Crippen LogP contribution in [0, 0.1) is 0 Å². The highest BCUT2D eigenvalue weighted by molar-refractivity contribution is 7.85. The molecule has 0 amide bonds. The van der Waals surface area contributed by atoms with Gasteiger partial charge in [-0.1, -0.05) is 6.07 Å². The second-order valence-electron chi connectivity index (χ2n) is 3.71. The first kappa shape index (κ1) is 14.2. The molecule has 0 atom stereocenters. The minimum absolute atomic E-state index is 0. The number of nitrogens with one attached hydrogen (secondary N) is 1. The summed E-state index contributed by atoms with van der Waals surface area (Å²) in [5.74, 6) is 0. The lowest BCUT2D eigenvalue weighted by atomic mass is 10.2. The zero-order valence-electron chi connectivity index (χ0n) is 9.17. The van der Waals surface area contributed by atoms with Crippen LogP contribution >= 0.6 is 12.4 Å². The molecular formula is C10H15ClN2O3S. The Morgan fingerprint density at radius 2 is 1.88 bits per heavy atom. The molecule has 0 aliphatic carbocycles. The van der Waals surface area contributed by atoms with E-state index in [1.807, 2.05) is 6.07 Å². The van der Waals surface area contributed by atoms with Gasteiger partial charge in [0.2, 0.25) is 0 Å². The number of nitrogens with zero attached hydrogens (tertiary/aromatic N) is 1. The van der Waals surface area contributed by atoms with E-state index in [2.05, 4.69) is 10.2 Å². The predicted octanol–water partition coefficient (Wildman–Crippen LogP) is 0.765. The van der Waals surface area contributed by atoms with Crippen molar-refractivity contribution in [1.29, 1.82) is 0 Å². The van der Waals surface area contributed by atoms with Gasteiger partial charge in [-0.15, -0.1) is 12.4 Å². The summed E-state index contributed by atoms with van der Waals surface area (Å²) in [5.41, 5.74) is 0.830. The van der Waals surface area contributed by atoms with E-state index in [1.54, 1.807) is 6.07 Å². The molecule has 17 heavy (non-hydrogen) atoms. The van der Waals surface area contributed by atoms with Gasteiger partial charge in [-0.05, 0) is 18.2 Å². The standard InChI is InChI=1S/C10H14N2O3S.ClH/c13-16(14,15)10-3-1-2-9(8-10)12-6-4-11-5-7-12;/h1-3,8,11H,4-7H2,(H,13,14,15);1H. The summed E-state index contributed by atoms with van der Waals surface area (Å²) in [6.45, 7) is 3.45. The molecule has 0 spiro atoms. The number of rotatable bonds is 2. The number of anilines is 1. The molecule has 2 N–H and O–H groups in total. The molecule has 1 heterocycles. The van der Waals surface area contributed by atoms with Crippen LogP contribution in [0.15, 0.2) is 29.2 Å². The van der Waals surface area contributed by atoms with Crippen molar-refractivity contribution in [2.75, 3.05) is 31.1 Å². The minimum Gasteiger partial charge on any atom is -0.369 e. The van der Waals surface area contributed by atoms with Crippen LogP contribution in [0.25, 0.3) is 0 Å². The fraction of sp³-hybridized carbons (Fsp3) is 0.400. The van der Waals surface area contributed by atoms with Crippen molar-refractivity contribution in [2.45, 2.75) is 4.90 Å². The lowest BCUT2D eigenvalue weighted by Gasteiger charge is -2.29. The molecule has 1 aromatic rings. The van der Waals surface area contributed by atoms with Crippen molar-refractivity contribution in [3.63, 3.8) is 0 Å². The van der Waals surface area contributed by atoms with E-state index in [9.17, 15) is 8.42 Å². The molecule has 0 aromatic heterocycles. The Kier molecular flexibility index (Phi) is 4.76. The number of benzene rings is 1. The van der Waals surface area contributed by atoms with Gasteiger partial charge in [0, 0.05) is 31.9 Å². The average molecular weight is 279 g/mol. The quantitative estimate of drug-likeness (QED) is 0.782. The van der Waals surface area contributed by atoms with Crippen molar-refractivity contribution in [3.05, 3.63) is 24.3 Å². The van der Waals surface area contributed by atoms with E-state index in [0.717, 1.165) is 31.9 Å². The van der Waals surface area contributed by atoms with Crippen molar-refractivity contribution in [3.8, 4) is 0 Å². The number of halogens is 1. The molecular weight excluding hydrogens is 264 g/mol. The molecule has 2 rings (SSSR count). The van der Waals surface area contributed by atoms with Gasteiger partial charge in [0.15, 0.2) is 0 Å². The predicted molar refractivity (Wildman–Crippen MR) is 68.6 cm³/mol. The lowest BCUT2D eigenvalue weighted by Crippen LogP contribution is -2.43. The highest BCUT2D eigenvalue weighted by Gasteiger charge is 2.14. The zero-order valence-corrected chi connectivity index (χ0v) is 10.8. The summed E-state index contributed by atoms with van der Waals surface area (Å²) in [7, 11) is -4.11. The van der Waals surface area contributed by atoms with Gasteiger partial charge in [-0.25, -0.2) is 0 Å². The largest absolute Gasteiger partial charge is 0.369 e. The third kappa shape index (κ3) is 3.57. The average Bonchev–Trinajstić information content (AvgIpc) is 2.29. The van der Waals surface area contributed by atoms with E-state index in [-0.39, 0.29) is 17.3 Å². The highest BCUT2D eigenvalue weighted by atomic mass is 35.5. The van der Waals surface area contributed by atoms with Crippen molar-refractivity contribution < 1.29 is 13.0 Å². The first-order valence-electron chi connectivity index (χ1n) is 5.10. The van der Waals surface area contributed by atoms with Crippen LogP contribution in [0.2, 0.25) is 0 Å². The summed E-state index contributed by atoms with van der Waals surface area (Å²) in [6, 6.07) is 6.38. The first-order valence-corrected chi connectivity index (χ1v) is 6.54. The maximum absolute atomic E-state index is 11.0. The highest BCUT2D eigenvalue weighted by Crippen LogP contribution is 2.19. The van der Waals surface area contributed by atoms with Crippen LogP contribution in [-0.2, 0) is 10.1 Å². The summed E-state index contributed by atoms with van der Waals surface area (Å²) < 4.78 is 30.9. The van der Waals surface area contributed by atoms with Gasteiger partial charge in [0.1, 0.15) is 0 Å². The van der Waals surface area contributed by atoms with Crippen LogP contribution in [0.4, 0.5) is 5.69 Å². The maximum atomic E-state index is 11.0. The van der Waals surface area contributed by atoms with Gasteiger partial charge in [0.25, 0.3) is 10.1 Å². The van der Waals surface area contributed by atoms with Gasteiger partial charge in [0.05, 0.1) is 4.90 Å². The summed E-state index contributed by atoms with van der Waals surface area (Å²) in [6.07, 6.45) is 0. The Balaban J connectivity index is 0.00000144. The Labute approximate surface area is 107 Å². The Morgan fingerprint density at radius 3 is 2.47 bits per heavy atom. The molecule has 1 saturated heterocycles. The van der Waals surface area contributed by atoms with E-state index in [1.165, 1.54) is 12.1 Å². The summed E-state index contributed by atoms with van der Waals surface area (Å²) >= 11 is 0. The number of hydrogen-bond donors (Lipinski definition) is 2. The Bertz CT molecular complexity index is 472. The Hall–Kier alpha value is -0.820. The normalized spacial score (nSPS) is 16.4. The molecule has 5 nitrogen and oxygen atoms in total. The van der Waals surface area contributed by atoms with Gasteiger partial charge in [-0.2, -0.15) is 8.42 Å². The summed E-state index contributed by atoms with van der Waals surface area (Å²) in [5, 5.41) is 3.22. The van der Waals surface area contributed by atoms with E-state index in [0.29, 0.717) is 0 Å². The molecule has 0 radical (unpaired) electrons. The number of piperazine rings is 1. The molecule has 1 aliphatic heterocycles. The first-order chi connectivity index (χ1) is 7.57. The molecule has 1 aromatic carbocycles. The number of hydrogen-bond acceptors (Lipinski definition) is 4. The third-order valence-electron chi connectivity index (χ3n) is 2.60. The lowest BCUT2D eigenvalue weighted by molar-refractivity contribution is 0.483. The smallest absolute Gasteiger partial charge is 0.294 e. The Morgan fingerprint density at radius 1 is 1.24 bits per heavy atom. The second-order valence-corrected chi connectivity index (χ2v) is 5.13. The van der Waals surface area contributed by atoms with E-state index in [4.69, 9.17) is 4.55 Å². The van der Waals surface area contributed by atoms with Gasteiger partial charge in [-0.3, -0.25) is 4.55 Å². The van der Waals surface area contributed by atoms with Crippen LogP contribution in [0.5, 0.6) is 0 Å². The van der Waals surface area contributed by atoms with Gasteiger partial charge < -0.3 is 10.2 Å². The fourth-order valence-corrected chi connectivity index (χ4v) is 2.28. The second kappa shape index (κ2) is 5.68. The molecule has 1 fully saturated rings. The third-order valence-corrected chi connectivity index (χ3v) is 3.45. The molecule has 0 saturated carbocycles. The topological polar surface area (TPSA) is 69.6 Å². The molecule has 0 bridgehead atoms. The van der Waals surface area contributed by atoms with Crippen LogP contribution in [0.3, 0.4) is 0 Å². The fourth-order valence-electron chi connectivity index (χ4n) is 1.76. The van der Waals surface area contributed by atoms with Crippen LogP contribution < -0.4 is 10.2 Å². The van der Waals surface area contributed by atoms with Gasteiger partial charge >= 0.3 is 0 Å². The van der Waals surface area contributed by atoms with E-state index >= 15 is 0 Å². The molecule has 7 heteroatoms. The van der Waals surface area contributed by atoms with Crippen molar-refractivity contribution in [1.82, 2.24) is 5.32 Å². The van der Waals surface area contributed by atoms with E-state index < -0.39 is 10.1 Å². The molecule has 96 valence electrons. The molecule has 1 aliphatic rings. The maximum Gasteiger partial charge on any atom is 0.294 e. The molecule has 0 unspecified atom stereocenters. The SMILES string of the molecule is Cl.O=S(=O)(O)c1cccc(N2CCNCC2)c1. The summed E-state index contributed by atoms with van der Waals surface area (Å²) in [4.78, 5) is 2.04. The van der Waals surface area contributed by atoms with Crippen molar-refractivity contribution >= 4 is 28.2 Å². The minimum atomic E-state index is -4.11. The van der Waals surface area contributed by atoms with Crippen LogP contribution in [0.1, 0.15) is 0 Å². The monoisotopic (exact) mass is 278 g/mol. The van der Waals surface area contributed by atoms with Crippen LogP contribution in [-0.4, -0.2) is 39.1 Å².